The highest BCUT2D eigenvalue weighted by Gasteiger charge is 2.15. The molecular formula is C31H26IN5O7. The fraction of sp³-hybridized carbons (Fsp3) is 0.129. The van der Waals surface area contributed by atoms with E-state index < -0.39 is 10.8 Å². The number of furan rings is 1. The Morgan fingerprint density at radius 1 is 1.09 bits per heavy atom. The molecule has 1 amide bonds. The minimum Gasteiger partial charge on any atom is -0.493 e. The summed E-state index contributed by atoms with van der Waals surface area (Å²) in [6, 6.07) is 21.2. The van der Waals surface area contributed by atoms with Crippen LogP contribution in [-0.4, -0.2) is 33.7 Å². The molecular weight excluding hydrogens is 681 g/mol. The van der Waals surface area contributed by atoms with E-state index in [0.717, 1.165) is 23.3 Å². The lowest BCUT2D eigenvalue weighted by atomic mass is 10.2. The number of nitro groups is 1. The van der Waals surface area contributed by atoms with E-state index in [-0.39, 0.29) is 23.9 Å². The maximum Gasteiger partial charge on any atom is 0.307 e. The van der Waals surface area contributed by atoms with E-state index in [4.69, 9.17) is 18.6 Å². The molecule has 3 heterocycles. The molecule has 12 nitrogen and oxygen atoms in total. The van der Waals surface area contributed by atoms with Crippen LogP contribution in [0.15, 0.2) is 88.5 Å². The van der Waals surface area contributed by atoms with Crippen molar-refractivity contribution in [2.75, 3.05) is 7.11 Å². The maximum absolute atomic E-state index is 12.6. The molecule has 0 unspecified atom stereocenters. The van der Waals surface area contributed by atoms with Crippen LogP contribution in [0.2, 0.25) is 0 Å². The van der Waals surface area contributed by atoms with Gasteiger partial charge in [0.25, 0.3) is 5.69 Å². The Bertz CT molecular complexity index is 1810. The molecule has 0 radical (unpaired) electrons. The van der Waals surface area contributed by atoms with Gasteiger partial charge in [0.2, 0.25) is 5.88 Å². The van der Waals surface area contributed by atoms with Crippen molar-refractivity contribution >= 4 is 40.4 Å². The van der Waals surface area contributed by atoms with Crippen LogP contribution in [-0.2, 0) is 6.61 Å². The van der Waals surface area contributed by atoms with E-state index in [9.17, 15) is 14.9 Å². The number of pyridine rings is 1. The van der Waals surface area contributed by atoms with Crippen molar-refractivity contribution in [2.24, 2.45) is 5.10 Å². The molecule has 44 heavy (non-hydrogen) atoms. The van der Waals surface area contributed by atoms with Crippen LogP contribution in [0, 0.1) is 27.5 Å². The highest BCUT2D eigenvalue weighted by atomic mass is 127. The highest BCUT2D eigenvalue weighted by molar-refractivity contribution is 14.1. The summed E-state index contributed by atoms with van der Waals surface area (Å²) >= 11 is 2.06. The number of aryl methyl sites for hydroxylation is 2. The van der Waals surface area contributed by atoms with Gasteiger partial charge in [-0.05, 0) is 103 Å². The molecule has 0 saturated carbocycles. The summed E-state index contributed by atoms with van der Waals surface area (Å²) in [4.78, 5) is 26.9. The van der Waals surface area contributed by atoms with Gasteiger partial charge in [-0.15, -0.1) is 0 Å². The van der Waals surface area contributed by atoms with Gasteiger partial charge in [-0.3, -0.25) is 14.9 Å². The average Bonchev–Trinajstić information content (AvgIpc) is 3.63. The predicted octanol–water partition coefficient (Wildman–Crippen LogP) is 6.74. The molecule has 0 bridgehead atoms. The molecule has 5 aromatic rings. The number of hydrazone groups is 1. The van der Waals surface area contributed by atoms with Crippen LogP contribution in [0.5, 0.6) is 23.1 Å². The molecule has 0 aliphatic rings. The van der Waals surface area contributed by atoms with Gasteiger partial charge in [-0.1, -0.05) is 0 Å². The lowest BCUT2D eigenvalue weighted by molar-refractivity contribution is -0.385. The summed E-state index contributed by atoms with van der Waals surface area (Å²) < 4.78 is 25.5. The normalized spacial score (nSPS) is 11.0. The Kier molecular flexibility index (Phi) is 9.23. The van der Waals surface area contributed by atoms with Crippen molar-refractivity contribution in [3.63, 3.8) is 0 Å². The topological polar surface area (TPSA) is 143 Å². The first-order valence-corrected chi connectivity index (χ1v) is 14.3. The first-order chi connectivity index (χ1) is 21.2. The minimum absolute atomic E-state index is 0.0844. The van der Waals surface area contributed by atoms with Gasteiger partial charge in [0, 0.05) is 29.2 Å². The van der Waals surface area contributed by atoms with E-state index >= 15 is 0 Å². The first kappa shape index (κ1) is 30.3. The van der Waals surface area contributed by atoms with Crippen molar-refractivity contribution < 1.29 is 28.3 Å². The predicted molar refractivity (Wildman–Crippen MR) is 170 cm³/mol. The van der Waals surface area contributed by atoms with E-state index in [1.165, 1.54) is 25.5 Å². The zero-order chi connectivity index (χ0) is 31.2. The molecule has 0 spiro atoms. The summed E-state index contributed by atoms with van der Waals surface area (Å²) in [5.41, 5.74) is 6.27. The van der Waals surface area contributed by atoms with Gasteiger partial charge >= 0.3 is 5.91 Å². The largest absolute Gasteiger partial charge is 0.493 e. The van der Waals surface area contributed by atoms with Gasteiger partial charge in [-0.25, -0.2) is 10.4 Å². The van der Waals surface area contributed by atoms with Crippen LogP contribution in [0.25, 0.3) is 5.69 Å². The summed E-state index contributed by atoms with van der Waals surface area (Å²) in [5, 5.41) is 14.9. The number of benzene rings is 2. The third kappa shape index (κ3) is 7.06. The second-order valence-electron chi connectivity index (χ2n) is 9.45. The molecule has 2 aromatic carbocycles. The van der Waals surface area contributed by atoms with E-state index in [0.29, 0.717) is 32.1 Å². The highest BCUT2D eigenvalue weighted by Crippen LogP contribution is 2.36. The third-order valence-corrected chi connectivity index (χ3v) is 7.20. The molecule has 3 aromatic heterocycles. The van der Waals surface area contributed by atoms with Crippen LogP contribution >= 0.6 is 22.6 Å². The molecule has 1 N–H and O–H groups in total. The van der Waals surface area contributed by atoms with Crippen LogP contribution in [0.3, 0.4) is 0 Å². The number of carbonyl (C=O) groups is 1. The van der Waals surface area contributed by atoms with E-state index in [1.54, 1.807) is 24.3 Å². The van der Waals surface area contributed by atoms with Gasteiger partial charge in [0.15, 0.2) is 17.3 Å². The fourth-order valence-electron chi connectivity index (χ4n) is 4.28. The number of ether oxygens (including phenoxy) is 3. The van der Waals surface area contributed by atoms with Gasteiger partial charge < -0.3 is 23.2 Å². The number of aromatic nitrogens is 2. The second-order valence-corrected chi connectivity index (χ2v) is 10.6. The number of hydrogen-bond acceptors (Lipinski definition) is 9. The Morgan fingerprint density at radius 3 is 2.50 bits per heavy atom. The molecule has 0 fully saturated rings. The lowest BCUT2D eigenvalue weighted by Crippen LogP contribution is -2.16. The number of amides is 1. The smallest absolute Gasteiger partial charge is 0.307 e. The van der Waals surface area contributed by atoms with E-state index in [2.05, 4.69) is 68.6 Å². The number of rotatable bonds is 11. The number of methoxy groups -OCH3 is 1. The van der Waals surface area contributed by atoms with Crippen LogP contribution in [0.1, 0.15) is 33.3 Å². The molecule has 0 atom stereocenters. The summed E-state index contributed by atoms with van der Waals surface area (Å²) in [7, 11) is 1.48. The number of hydrogen-bond donors (Lipinski definition) is 1. The Labute approximate surface area is 265 Å². The van der Waals surface area contributed by atoms with Gasteiger partial charge in [-0.2, -0.15) is 5.10 Å². The first-order valence-electron chi connectivity index (χ1n) is 13.2. The number of halogens is 1. The lowest BCUT2D eigenvalue weighted by Gasteiger charge is -2.12. The average molecular weight is 707 g/mol. The quantitative estimate of drug-likeness (QED) is 0.0689. The van der Waals surface area contributed by atoms with Gasteiger partial charge in [0.1, 0.15) is 24.3 Å². The standard InChI is InChI=1S/C31H26IN5O7/c1-19-4-5-20(2)36(19)22-6-9-24(10-7-22)42-18-25-11-12-27(43-25)31(38)35-34-16-21-14-26(32)30(28(15-21)41-3)44-29-13-8-23(17-33-29)37(39)40/h4-17H,18H2,1-3H3,(H,35,38)/b34-16+. The van der Waals surface area contributed by atoms with E-state index in [1.807, 2.05) is 24.3 Å². The molecule has 0 saturated heterocycles. The monoisotopic (exact) mass is 707 g/mol. The Hall–Kier alpha value is -5.18. The summed E-state index contributed by atoms with van der Waals surface area (Å²) in [6.45, 7) is 4.27. The number of carbonyl (C=O) groups excluding carboxylic acids is 1. The Balaban J connectivity index is 1.16. The SMILES string of the molecule is COc1cc(/C=N/NC(=O)c2ccc(COc3ccc(-n4c(C)ccc4C)cc3)o2)cc(I)c1Oc1ccc([N+](=O)[O-])cn1. The molecule has 0 aliphatic heterocycles. The second kappa shape index (κ2) is 13.4. The zero-order valence-corrected chi connectivity index (χ0v) is 26.0. The molecule has 5 rings (SSSR count). The zero-order valence-electron chi connectivity index (χ0n) is 23.8. The van der Waals surface area contributed by atoms with Crippen molar-refractivity contribution in [1.82, 2.24) is 15.0 Å². The van der Waals surface area contributed by atoms with Crippen LogP contribution in [0.4, 0.5) is 5.69 Å². The minimum atomic E-state index is -0.541. The Morgan fingerprint density at radius 2 is 1.84 bits per heavy atom. The number of nitrogens with zero attached hydrogens (tertiary/aromatic N) is 4. The molecule has 13 heteroatoms. The maximum atomic E-state index is 12.6. The van der Waals surface area contributed by atoms with Crippen molar-refractivity contribution in [1.29, 1.82) is 0 Å². The summed E-state index contributed by atoms with van der Waals surface area (Å²) in [5.74, 6) is 1.64. The number of nitrogens with one attached hydrogen (secondary N) is 1. The molecule has 0 aliphatic carbocycles. The van der Waals surface area contributed by atoms with Crippen molar-refractivity contribution in [3.8, 4) is 28.8 Å². The van der Waals surface area contributed by atoms with Crippen LogP contribution < -0.4 is 19.6 Å². The van der Waals surface area contributed by atoms with Crippen molar-refractivity contribution in [2.45, 2.75) is 20.5 Å². The molecule has 224 valence electrons. The van der Waals surface area contributed by atoms with Crippen molar-refractivity contribution in [3.05, 3.63) is 121 Å². The third-order valence-electron chi connectivity index (χ3n) is 6.40. The fourth-order valence-corrected chi connectivity index (χ4v) is 5.01. The summed E-state index contributed by atoms with van der Waals surface area (Å²) in [6.07, 6.45) is 2.56. The van der Waals surface area contributed by atoms with Gasteiger partial charge in [0.05, 0.1) is 21.8 Å².